The molecule has 0 aliphatic heterocycles. The maximum Gasteiger partial charge on any atom is 0.262 e. The third kappa shape index (κ3) is 4.03. The van der Waals surface area contributed by atoms with Crippen LogP contribution in [0.2, 0.25) is 0 Å². The van der Waals surface area contributed by atoms with E-state index in [4.69, 9.17) is 4.74 Å². The number of fused-ring (bicyclic) bond motifs is 3. The smallest absolute Gasteiger partial charge is 0.262 e. The average Bonchev–Trinajstić information content (AvgIpc) is 3.11. The zero-order valence-electron chi connectivity index (χ0n) is 16.7. The van der Waals surface area contributed by atoms with Crippen molar-refractivity contribution in [3.8, 4) is 5.88 Å². The molecule has 8 nitrogen and oxygen atoms in total. The first-order valence-corrected chi connectivity index (χ1v) is 11.8. The van der Waals surface area contributed by atoms with E-state index in [0.717, 1.165) is 33.8 Å². The Morgan fingerprint density at radius 1 is 1.23 bits per heavy atom. The van der Waals surface area contributed by atoms with E-state index in [0.29, 0.717) is 11.6 Å². The lowest BCUT2D eigenvalue weighted by atomic mass is 9.97. The van der Waals surface area contributed by atoms with Crippen molar-refractivity contribution < 1.29 is 17.9 Å². The lowest BCUT2D eigenvalue weighted by molar-refractivity contribution is -0.118. The van der Waals surface area contributed by atoms with Crippen molar-refractivity contribution in [1.82, 2.24) is 14.3 Å². The number of benzene rings is 1. The third-order valence-corrected chi connectivity index (χ3v) is 7.96. The van der Waals surface area contributed by atoms with Crippen molar-refractivity contribution in [2.24, 2.45) is 0 Å². The van der Waals surface area contributed by atoms with Crippen molar-refractivity contribution in [3.05, 3.63) is 41.0 Å². The van der Waals surface area contributed by atoms with Gasteiger partial charge in [0.15, 0.2) is 6.61 Å². The molecular formula is C20H22N4O4S2. The molecule has 0 saturated heterocycles. The molecule has 30 heavy (non-hydrogen) atoms. The van der Waals surface area contributed by atoms with Crippen LogP contribution < -0.4 is 10.1 Å². The maximum atomic E-state index is 12.4. The van der Waals surface area contributed by atoms with Gasteiger partial charge in [0.1, 0.15) is 11.2 Å². The highest BCUT2D eigenvalue weighted by Gasteiger charge is 2.21. The molecule has 4 rings (SSSR count). The Bertz CT molecular complexity index is 1200. The van der Waals surface area contributed by atoms with Gasteiger partial charge in [0.2, 0.25) is 15.9 Å². The van der Waals surface area contributed by atoms with Gasteiger partial charge in [-0.15, -0.1) is 11.3 Å². The molecule has 10 heteroatoms. The van der Waals surface area contributed by atoms with E-state index in [9.17, 15) is 13.2 Å². The minimum atomic E-state index is -3.58. The predicted molar refractivity (Wildman–Crippen MR) is 115 cm³/mol. The summed E-state index contributed by atoms with van der Waals surface area (Å²) in [6.07, 6.45) is 5.77. The van der Waals surface area contributed by atoms with Gasteiger partial charge < -0.3 is 10.1 Å². The Kier molecular flexibility index (Phi) is 5.72. The van der Waals surface area contributed by atoms with Gasteiger partial charge >= 0.3 is 0 Å². The Morgan fingerprint density at radius 2 is 2.03 bits per heavy atom. The summed E-state index contributed by atoms with van der Waals surface area (Å²) in [6, 6.07) is 6.12. The fourth-order valence-corrected chi connectivity index (χ4v) is 5.61. The molecule has 158 valence electrons. The normalized spacial score (nSPS) is 14.0. The molecule has 2 aromatic heterocycles. The monoisotopic (exact) mass is 446 g/mol. The Balaban J connectivity index is 1.48. The highest BCUT2D eigenvalue weighted by molar-refractivity contribution is 7.89. The van der Waals surface area contributed by atoms with E-state index in [-0.39, 0.29) is 11.5 Å². The fraction of sp³-hybridized carbons (Fsp3) is 0.350. The summed E-state index contributed by atoms with van der Waals surface area (Å²) in [5.41, 5.74) is 1.62. The zero-order valence-corrected chi connectivity index (χ0v) is 18.3. The molecule has 0 atom stereocenters. The second kappa shape index (κ2) is 8.29. The lowest BCUT2D eigenvalue weighted by Crippen LogP contribution is -2.23. The standard InChI is InChI=1S/C20H22N4O4S2/c1-24(2)30(26,27)14-7-5-6-13(10-14)23-17(25)11-28-19-18-15-8-3-4-9-16(15)29-20(18)22-12-21-19/h5-7,10,12H,3-4,8-9,11H2,1-2H3,(H,23,25). The van der Waals surface area contributed by atoms with Crippen LogP contribution in [0.25, 0.3) is 10.2 Å². The molecule has 2 heterocycles. The summed E-state index contributed by atoms with van der Waals surface area (Å²) >= 11 is 1.66. The van der Waals surface area contributed by atoms with Gasteiger partial charge in [-0.25, -0.2) is 22.7 Å². The number of nitrogens with one attached hydrogen (secondary N) is 1. The van der Waals surface area contributed by atoms with Crippen LogP contribution in [0.1, 0.15) is 23.3 Å². The van der Waals surface area contributed by atoms with Gasteiger partial charge in [0.05, 0.1) is 10.3 Å². The maximum absolute atomic E-state index is 12.4. The van der Waals surface area contributed by atoms with Crippen molar-refractivity contribution in [2.75, 3.05) is 26.0 Å². The molecule has 0 fully saturated rings. The van der Waals surface area contributed by atoms with Crippen LogP contribution >= 0.6 is 11.3 Å². The molecule has 0 unspecified atom stereocenters. The topological polar surface area (TPSA) is 101 Å². The molecule has 1 N–H and O–H groups in total. The first-order valence-electron chi connectivity index (χ1n) is 9.57. The van der Waals surface area contributed by atoms with Gasteiger partial charge in [-0.2, -0.15) is 0 Å². The number of carbonyl (C=O) groups is 1. The highest BCUT2D eigenvalue weighted by Crippen LogP contribution is 2.38. The van der Waals surface area contributed by atoms with Gasteiger partial charge in [-0.05, 0) is 49.4 Å². The number of hydrogen-bond acceptors (Lipinski definition) is 7. The number of aryl methyl sites for hydroxylation is 2. The van der Waals surface area contributed by atoms with E-state index in [1.54, 1.807) is 23.5 Å². The number of sulfonamides is 1. The Hall–Kier alpha value is -2.56. The average molecular weight is 447 g/mol. The first-order chi connectivity index (χ1) is 14.4. The summed E-state index contributed by atoms with van der Waals surface area (Å²) in [5.74, 6) is 0.0174. The predicted octanol–water partition coefficient (Wildman–Crippen LogP) is 2.84. The largest absolute Gasteiger partial charge is 0.467 e. The van der Waals surface area contributed by atoms with Crippen LogP contribution in [-0.4, -0.2) is 49.3 Å². The lowest BCUT2D eigenvalue weighted by Gasteiger charge is -2.13. The Labute approximate surface area is 179 Å². The first kappa shape index (κ1) is 20.7. The molecule has 1 amide bonds. The molecule has 0 bridgehead atoms. The second-order valence-electron chi connectivity index (χ2n) is 7.22. The number of anilines is 1. The molecular weight excluding hydrogens is 424 g/mol. The second-order valence-corrected chi connectivity index (χ2v) is 10.5. The van der Waals surface area contributed by atoms with E-state index in [1.807, 2.05) is 0 Å². The quantitative estimate of drug-likeness (QED) is 0.625. The van der Waals surface area contributed by atoms with Crippen LogP contribution in [0.15, 0.2) is 35.5 Å². The van der Waals surface area contributed by atoms with E-state index < -0.39 is 15.9 Å². The number of amides is 1. The van der Waals surface area contributed by atoms with E-state index in [1.165, 1.54) is 49.4 Å². The van der Waals surface area contributed by atoms with Crippen LogP contribution in [0, 0.1) is 0 Å². The van der Waals surface area contributed by atoms with Crippen molar-refractivity contribution in [1.29, 1.82) is 0 Å². The fourth-order valence-electron chi connectivity index (χ4n) is 3.45. The van der Waals surface area contributed by atoms with Crippen LogP contribution in [0.3, 0.4) is 0 Å². The molecule has 1 aliphatic carbocycles. The summed E-state index contributed by atoms with van der Waals surface area (Å²) in [5, 5.41) is 3.59. The third-order valence-electron chi connectivity index (χ3n) is 4.95. The number of aromatic nitrogens is 2. The molecule has 0 saturated carbocycles. The minimum Gasteiger partial charge on any atom is -0.467 e. The number of rotatable bonds is 6. The van der Waals surface area contributed by atoms with Crippen molar-refractivity contribution in [3.63, 3.8) is 0 Å². The van der Waals surface area contributed by atoms with Crippen LogP contribution in [0.4, 0.5) is 5.69 Å². The van der Waals surface area contributed by atoms with E-state index in [2.05, 4.69) is 15.3 Å². The van der Waals surface area contributed by atoms with Crippen LogP contribution in [-0.2, 0) is 27.7 Å². The van der Waals surface area contributed by atoms with Gasteiger partial charge in [0, 0.05) is 24.7 Å². The molecule has 1 aliphatic rings. The zero-order chi connectivity index (χ0) is 21.3. The van der Waals surface area contributed by atoms with E-state index >= 15 is 0 Å². The summed E-state index contributed by atoms with van der Waals surface area (Å²) in [4.78, 5) is 23.3. The number of carbonyl (C=O) groups excluding carboxylic acids is 1. The summed E-state index contributed by atoms with van der Waals surface area (Å²) in [7, 11) is -0.665. The SMILES string of the molecule is CN(C)S(=O)(=O)c1cccc(NC(=O)COc2ncnc3sc4c(c23)CCCC4)c1. The van der Waals surface area contributed by atoms with Gasteiger partial charge in [-0.1, -0.05) is 6.07 Å². The summed E-state index contributed by atoms with van der Waals surface area (Å²) < 4.78 is 31.4. The number of ether oxygens (including phenoxy) is 1. The van der Waals surface area contributed by atoms with Gasteiger partial charge in [-0.3, -0.25) is 4.79 Å². The van der Waals surface area contributed by atoms with Gasteiger partial charge in [0.25, 0.3) is 5.91 Å². The van der Waals surface area contributed by atoms with Crippen LogP contribution in [0.5, 0.6) is 5.88 Å². The molecule has 3 aromatic rings. The minimum absolute atomic E-state index is 0.105. The number of thiophene rings is 1. The number of nitrogens with zero attached hydrogens (tertiary/aromatic N) is 3. The summed E-state index contributed by atoms with van der Waals surface area (Å²) in [6.45, 7) is -0.235. The molecule has 1 aromatic carbocycles. The Morgan fingerprint density at radius 3 is 2.83 bits per heavy atom. The van der Waals surface area contributed by atoms with Crippen molar-refractivity contribution >= 4 is 43.2 Å². The number of hydrogen-bond donors (Lipinski definition) is 1. The molecule has 0 radical (unpaired) electrons. The highest BCUT2D eigenvalue weighted by atomic mass is 32.2. The molecule has 0 spiro atoms. The van der Waals surface area contributed by atoms with Crippen molar-refractivity contribution in [2.45, 2.75) is 30.6 Å².